The zero-order valence-electron chi connectivity index (χ0n) is 18.4. The second-order valence-electron chi connectivity index (χ2n) is 8.45. The van der Waals surface area contributed by atoms with Gasteiger partial charge in [-0.1, -0.05) is 12.1 Å². The maximum atomic E-state index is 10.7. The number of aromatic nitrogens is 1. The van der Waals surface area contributed by atoms with Gasteiger partial charge in [-0.3, -0.25) is 5.41 Å². The maximum absolute atomic E-state index is 10.7. The van der Waals surface area contributed by atoms with E-state index in [-0.39, 0.29) is 18.1 Å². The third-order valence-electron chi connectivity index (χ3n) is 6.13. The van der Waals surface area contributed by atoms with E-state index in [0.29, 0.717) is 10.6 Å². The molecule has 0 amide bonds. The molecule has 2 aliphatic rings. The molecule has 0 aliphatic carbocycles. The van der Waals surface area contributed by atoms with Crippen molar-refractivity contribution < 1.29 is 5.11 Å². The number of anilines is 3. The summed E-state index contributed by atoms with van der Waals surface area (Å²) in [4.78, 5) is 11.0. The van der Waals surface area contributed by atoms with Gasteiger partial charge in [-0.05, 0) is 49.2 Å². The van der Waals surface area contributed by atoms with E-state index < -0.39 is 0 Å². The molecule has 0 spiro atoms. The van der Waals surface area contributed by atoms with Crippen molar-refractivity contribution >= 4 is 39.8 Å². The lowest BCUT2D eigenvalue weighted by Crippen LogP contribution is -2.26. The van der Waals surface area contributed by atoms with Crippen LogP contribution in [0.25, 0.3) is 16.8 Å². The maximum Gasteiger partial charge on any atom is 0.139 e. The van der Waals surface area contributed by atoms with Crippen LogP contribution in [0.2, 0.25) is 0 Å². The van der Waals surface area contributed by atoms with Crippen LogP contribution in [0.3, 0.4) is 0 Å². The highest BCUT2D eigenvalue weighted by atomic mass is 32.1. The minimum absolute atomic E-state index is 0.192. The van der Waals surface area contributed by atoms with Crippen LogP contribution in [0, 0.1) is 5.41 Å². The molecule has 6 nitrogen and oxygen atoms in total. The van der Waals surface area contributed by atoms with Gasteiger partial charge in [0.05, 0.1) is 17.8 Å². The summed E-state index contributed by atoms with van der Waals surface area (Å²) in [6.07, 6.45) is 2.52. The smallest absolute Gasteiger partial charge is 0.139 e. The zero-order chi connectivity index (χ0) is 22.2. The second kappa shape index (κ2) is 8.31. The highest BCUT2D eigenvalue weighted by molar-refractivity contribution is 7.11. The van der Waals surface area contributed by atoms with E-state index in [9.17, 15) is 5.11 Å². The molecule has 3 heterocycles. The fourth-order valence-electron chi connectivity index (χ4n) is 4.29. The topological polar surface area (TPSA) is 66.7 Å². The molecule has 5 rings (SSSR count). The Morgan fingerprint density at radius 3 is 2.28 bits per heavy atom. The lowest BCUT2D eigenvalue weighted by molar-refractivity contribution is 0.411. The number of aliphatic hydroxyl groups is 1. The molecule has 2 aromatic carbocycles. The molecule has 32 heavy (non-hydrogen) atoms. The van der Waals surface area contributed by atoms with E-state index in [1.807, 2.05) is 53.5 Å². The van der Waals surface area contributed by atoms with Gasteiger partial charge in [-0.2, -0.15) is 0 Å². The van der Waals surface area contributed by atoms with Crippen molar-refractivity contribution in [2.45, 2.75) is 12.8 Å². The van der Waals surface area contributed by atoms with Gasteiger partial charge in [-0.15, -0.1) is 11.3 Å². The van der Waals surface area contributed by atoms with Gasteiger partial charge in [0, 0.05) is 55.2 Å². The first kappa shape index (κ1) is 20.6. The Morgan fingerprint density at radius 2 is 1.62 bits per heavy atom. The van der Waals surface area contributed by atoms with Crippen molar-refractivity contribution in [3.63, 3.8) is 0 Å². The van der Waals surface area contributed by atoms with Crippen LogP contribution >= 0.6 is 11.3 Å². The molecule has 0 atom stereocenters. The lowest BCUT2D eigenvalue weighted by Gasteiger charge is -2.20. The monoisotopic (exact) mass is 445 g/mol. The molecule has 2 N–H and O–H groups in total. The first-order chi connectivity index (χ1) is 15.5. The molecule has 164 valence electrons. The molecule has 0 unspecified atom stereocenters. The van der Waals surface area contributed by atoms with Crippen LogP contribution in [-0.4, -0.2) is 49.7 Å². The minimum atomic E-state index is 0.192. The number of aliphatic hydroxyl groups excluding tert-OH is 1. The summed E-state index contributed by atoms with van der Waals surface area (Å²) in [5, 5.41) is 22.1. The number of nitrogens with one attached hydrogen (secondary N) is 1. The van der Waals surface area contributed by atoms with Crippen molar-refractivity contribution in [1.29, 1.82) is 5.41 Å². The van der Waals surface area contributed by atoms with Crippen LogP contribution < -0.4 is 14.7 Å². The average molecular weight is 446 g/mol. The minimum Gasteiger partial charge on any atom is -0.510 e. The van der Waals surface area contributed by atoms with E-state index in [2.05, 4.69) is 29.2 Å². The summed E-state index contributed by atoms with van der Waals surface area (Å²) >= 11 is 1.47. The Kier molecular flexibility index (Phi) is 5.35. The van der Waals surface area contributed by atoms with Gasteiger partial charge in [0.25, 0.3) is 0 Å². The molecule has 1 aromatic heterocycles. The fraction of sp³-hybridized carbons (Fsp3) is 0.280. The van der Waals surface area contributed by atoms with Crippen LogP contribution in [0.1, 0.15) is 17.8 Å². The average Bonchev–Trinajstić information content (AvgIpc) is 3.55. The standard InChI is InChI=1S/C25H27N5OS/c1-28(2)18-9-11-20(12-10-18)30-15-22(31)23(24(30)26)25-27-21(16-32-25)17-5-7-19(8-6-17)29-13-3-4-14-29/h5-12,16,26,31H,3-4,13-15H2,1-2H3. The Bertz CT molecular complexity index is 1160. The first-order valence-electron chi connectivity index (χ1n) is 10.9. The molecule has 0 bridgehead atoms. The normalized spacial score (nSPS) is 16.4. The fourth-order valence-corrected chi connectivity index (χ4v) is 5.19. The molecule has 0 radical (unpaired) electrons. The highest BCUT2D eigenvalue weighted by Gasteiger charge is 2.31. The Balaban J connectivity index is 1.35. The third kappa shape index (κ3) is 3.73. The molecular formula is C25H27N5OS. The molecule has 3 aromatic rings. The van der Waals surface area contributed by atoms with Crippen LogP contribution in [0.5, 0.6) is 0 Å². The summed E-state index contributed by atoms with van der Waals surface area (Å²) in [6, 6.07) is 16.5. The van der Waals surface area contributed by atoms with Crippen molar-refractivity contribution in [2.75, 3.05) is 48.4 Å². The molecular weight excluding hydrogens is 418 g/mol. The summed E-state index contributed by atoms with van der Waals surface area (Å²) in [5.74, 6) is 0.474. The molecule has 0 saturated carbocycles. The Hall–Kier alpha value is -3.32. The summed E-state index contributed by atoms with van der Waals surface area (Å²) in [7, 11) is 4.00. The predicted molar refractivity (Wildman–Crippen MR) is 134 cm³/mol. The third-order valence-corrected chi connectivity index (χ3v) is 6.99. The summed E-state index contributed by atoms with van der Waals surface area (Å²) in [5.41, 5.74) is 5.69. The number of thiazole rings is 1. The van der Waals surface area contributed by atoms with Gasteiger partial charge < -0.3 is 19.8 Å². The molecule has 7 heteroatoms. The largest absolute Gasteiger partial charge is 0.510 e. The number of hydrogen-bond donors (Lipinski definition) is 2. The first-order valence-corrected chi connectivity index (χ1v) is 11.8. The molecule has 2 aliphatic heterocycles. The Morgan fingerprint density at radius 1 is 0.969 bits per heavy atom. The van der Waals surface area contributed by atoms with Gasteiger partial charge in [0.15, 0.2) is 0 Å². The van der Waals surface area contributed by atoms with Crippen LogP contribution in [0.4, 0.5) is 17.1 Å². The van der Waals surface area contributed by atoms with Gasteiger partial charge >= 0.3 is 0 Å². The van der Waals surface area contributed by atoms with Crippen molar-refractivity contribution in [1.82, 2.24) is 4.98 Å². The van der Waals surface area contributed by atoms with E-state index in [4.69, 9.17) is 10.4 Å². The quantitative estimate of drug-likeness (QED) is 0.562. The zero-order valence-corrected chi connectivity index (χ0v) is 19.2. The number of hydrogen-bond acceptors (Lipinski definition) is 6. The van der Waals surface area contributed by atoms with Gasteiger partial charge in [0.1, 0.15) is 16.6 Å². The highest BCUT2D eigenvalue weighted by Crippen LogP contribution is 2.35. The predicted octanol–water partition coefficient (Wildman–Crippen LogP) is 5.24. The van der Waals surface area contributed by atoms with Crippen molar-refractivity contribution in [2.24, 2.45) is 0 Å². The van der Waals surface area contributed by atoms with Gasteiger partial charge in [0.2, 0.25) is 0 Å². The summed E-state index contributed by atoms with van der Waals surface area (Å²) in [6.45, 7) is 2.54. The SMILES string of the molecule is CN(C)c1ccc(N2CC(O)=C(c3nc(-c4ccc(N5CCCC5)cc4)cs3)C2=N)cc1. The van der Waals surface area contributed by atoms with Crippen LogP contribution in [-0.2, 0) is 0 Å². The molecule has 1 saturated heterocycles. The van der Waals surface area contributed by atoms with E-state index in [1.54, 1.807) is 0 Å². The van der Waals surface area contributed by atoms with Crippen molar-refractivity contribution in [3.8, 4) is 11.3 Å². The Labute approximate surface area is 192 Å². The van der Waals surface area contributed by atoms with Crippen LogP contribution in [0.15, 0.2) is 59.7 Å². The summed E-state index contributed by atoms with van der Waals surface area (Å²) < 4.78 is 0. The number of amidine groups is 1. The van der Waals surface area contributed by atoms with Gasteiger partial charge in [-0.25, -0.2) is 4.98 Å². The lowest BCUT2D eigenvalue weighted by atomic mass is 10.1. The number of nitrogens with zero attached hydrogens (tertiary/aromatic N) is 4. The van der Waals surface area contributed by atoms with E-state index >= 15 is 0 Å². The molecule has 1 fully saturated rings. The number of benzene rings is 2. The van der Waals surface area contributed by atoms with E-state index in [0.717, 1.165) is 35.7 Å². The van der Waals surface area contributed by atoms with Crippen molar-refractivity contribution in [3.05, 3.63) is 64.7 Å². The van der Waals surface area contributed by atoms with E-state index in [1.165, 1.54) is 29.9 Å². The second-order valence-corrected chi connectivity index (χ2v) is 9.30. The number of rotatable bonds is 5.